The van der Waals surface area contributed by atoms with Gasteiger partial charge in [-0.25, -0.2) is 0 Å². The van der Waals surface area contributed by atoms with E-state index in [1.54, 1.807) is 6.92 Å². The fraction of sp³-hybridized carbons (Fsp3) is 0.667. The highest BCUT2D eigenvalue weighted by Crippen LogP contribution is 2.29. The molecule has 0 aromatic heterocycles. The number of hydrogen-bond acceptors (Lipinski definition) is 4. The van der Waals surface area contributed by atoms with Crippen molar-refractivity contribution in [1.29, 1.82) is 0 Å². The molecule has 1 amide bonds. The van der Waals surface area contributed by atoms with Crippen LogP contribution in [-0.4, -0.2) is 49.6 Å². The molecule has 8 heteroatoms. The molecular weight excluding hydrogens is 247 g/mol. The first-order valence-corrected chi connectivity index (χ1v) is 6.29. The van der Waals surface area contributed by atoms with Gasteiger partial charge in [-0.1, -0.05) is 6.58 Å². The van der Waals surface area contributed by atoms with Crippen LogP contribution in [0, 0.1) is 0 Å². The number of amides is 1. The van der Waals surface area contributed by atoms with Crippen molar-refractivity contribution in [3.8, 4) is 0 Å². The molecule has 0 aliphatic rings. The molecule has 1 unspecified atom stereocenters. The Kier molecular flexibility index (Phi) is 8.31. The number of primary amides is 1. The number of hydrogen-bond donors (Lipinski definition) is 2. The van der Waals surface area contributed by atoms with E-state index >= 15 is 0 Å². The Morgan fingerprint density at radius 3 is 2.06 bits per heavy atom. The predicted molar refractivity (Wildman–Crippen MR) is 62.7 cm³/mol. The van der Waals surface area contributed by atoms with Crippen molar-refractivity contribution in [2.24, 2.45) is 5.73 Å². The Balaban J connectivity index is 0. The number of nitrogens with two attached hydrogens (primary N) is 1. The predicted octanol–water partition coefficient (Wildman–Crippen LogP) is -0.782. The van der Waals surface area contributed by atoms with Crippen molar-refractivity contribution >= 4 is 13.7 Å². The summed E-state index contributed by atoms with van der Waals surface area (Å²) < 4.78 is 14.8. The molecule has 17 heavy (non-hydrogen) atoms. The highest BCUT2D eigenvalue weighted by molar-refractivity contribution is 7.44. The zero-order chi connectivity index (χ0) is 14.3. The van der Waals surface area contributed by atoms with Crippen LogP contribution in [0.4, 0.5) is 0 Å². The van der Waals surface area contributed by atoms with Gasteiger partial charge in [-0.05, 0) is 6.92 Å². The van der Waals surface area contributed by atoms with Gasteiger partial charge in [-0.2, -0.15) is 0 Å². The van der Waals surface area contributed by atoms with E-state index in [-0.39, 0.29) is 6.61 Å². The van der Waals surface area contributed by atoms with Crippen LogP contribution in [0.3, 0.4) is 0 Å². The van der Waals surface area contributed by atoms with Crippen molar-refractivity contribution in [2.75, 3.05) is 34.3 Å². The first-order valence-electron chi connectivity index (χ1n) is 4.79. The lowest BCUT2D eigenvalue weighted by atomic mass is 10.3. The van der Waals surface area contributed by atoms with Crippen LogP contribution < -0.4 is 10.6 Å². The second kappa shape index (κ2) is 7.58. The second-order valence-corrected chi connectivity index (χ2v) is 5.66. The fourth-order valence-corrected chi connectivity index (χ4v) is 0.742. The lowest BCUT2D eigenvalue weighted by Crippen LogP contribution is -2.37. The van der Waals surface area contributed by atoms with Crippen LogP contribution in [0.2, 0.25) is 0 Å². The van der Waals surface area contributed by atoms with Gasteiger partial charge in [0.1, 0.15) is 13.2 Å². The molecule has 0 aliphatic heterocycles. The van der Waals surface area contributed by atoms with Gasteiger partial charge in [-0.3, -0.25) is 9.36 Å². The van der Waals surface area contributed by atoms with E-state index in [0.29, 0.717) is 16.6 Å². The molecule has 0 fully saturated rings. The van der Waals surface area contributed by atoms with Crippen molar-refractivity contribution in [1.82, 2.24) is 0 Å². The highest BCUT2D eigenvalue weighted by atomic mass is 31.2. The molecule has 0 spiro atoms. The number of likely N-dealkylation sites (N-methyl/N-ethyl adjacent to an activating group) is 1. The summed E-state index contributed by atoms with van der Waals surface area (Å²) in [5, 5.41) is 0. The first-order chi connectivity index (χ1) is 7.35. The molecule has 0 saturated carbocycles. The smallest absolute Gasteiger partial charge is 0.265 e. The number of rotatable bonds is 5. The topological polar surface area (TPSA) is 113 Å². The summed E-state index contributed by atoms with van der Waals surface area (Å²) in [5.74, 6) is -0.435. The summed E-state index contributed by atoms with van der Waals surface area (Å²) in [6.45, 7) is 5.40. The largest absolute Gasteiger partial charge is 0.756 e. The number of phosphoric acid groups is 1. The lowest BCUT2D eigenvalue weighted by Gasteiger charge is -2.25. The molecule has 102 valence electrons. The van der Waals surface area contributed by atoms with Crippen LogP contribution >= 0.6 is 7.82 Å². The average Bonchev–Trinajstić information content (AvgIpc) is 1.99. The second-order valence-electron chi connectivity index (χ2n) is 4.46. The van der Waals surface area contributed by atoms with Crippen LogP contribution in [-0.2, 0) is 13.9 Å². The van der Waals surface area contributed by atoms with Gasteiger partial charge in [0, 0.05) is 5.57 Å². The third kappa shape index (κ3) is 21.2. The SMILES string of the molecule is C=C(C)C(N)=O.C[N+](C)(C)CCOP(=O)([O-])O. The molecule has 0 bridgehead atoms. The van der Waals surface area contributed by atoms with E-state index in [1.807, 2.05) is 21.1 Å². The monoisotopic (exact) mass is 268 g/mol. The normalized spacial score (nSPS) is 14.2. The molecule has 0 heterocycles. The lowest BCUT2D eigenvalue weighted by molar-refractivity contribution is -0.870. The van der Waals surface area contributed by atoms with E-state index < -0.39 is 13.7 Å². The minimum Gasteiger partial charge on any atom is -0.756 e. The van der Waals surface area contributed by atoms with Gasteiger partial charge in [0.05, 0.1) is 21.1 Å². The fourth-order valence-electron chi connectivity index (χ4n) is 0.430. The highest BCUT2D eigenvalue weighted by Gasteiger charge is 2.08. The zero-order valence-corrected chi connectivity index (χ0v) is 11.6. The summed E-state index contributed by atoms with van der Waals surface area (Å²) in [5.41, 5.74) is 5.09. The minimum absolute atomic E-state index is 0.0147. The van der Waals surface area contributed by atoms with E-state index in [4.69, 9.17) is 10.6 Å². The van der Waals surface area contributed by atoms with Gasteiger partial charge in [0.2, 0.25) is 5.91 Å². The average molecular weight is 268 g/mol. The van der Waals surface area contributed by atoms with Crippen LogP contribution in [0.15, 0.2) is 12.2 Å². The Morgan fingerprint density at radius 1 is 1.53 bits per heavy atom. The number of carbonyl (C=O) groups excluding carboxylic acids is 1. The minimum atomic E-state index is -4.51. The molecule has 3 N–H and O–H groups in total. The summed E-state index contributed by atoms with van der Waals surface area (Å²) >= 11 is 0. The number of quaternary nitrogens is 1. The summed E-state index contributed by atoms with van der Waals surface area (Å²) in [6, 6.07) is 0. The maximum Gasteiger partial charge on any atom is 0.265 e. The Morgan fingerprint density at radius 2 is 1.88 bits per heavy atom. The summed E-state index contributed by atoms with van der Waals surface area (Å²) in [6.07, 6.45) is 0. The number of phosphoric ester groups is 1. The van der Waals surface area contributed by atoms with Crippen LogP contribution in [0.5, 0.6) is 0 Å². The van der Waals surface area contributed by atoms with E-state index in [1.165, 1.54) is 0 Å². The molecule has 0 aliphatic carbocycles. The number of carbonyl (C=O) groups is 1. The molecule has 1 atom stereocenters. The molecule has 0 aromatic rings. The molecule has 7 nitrogen and oxygen atoms in total. The molecule has 0 rings (SSSR count). The Bertz CT molecular complexity index is 293. The van der Waals surface area contributed by atoms with Crippen LogP contribution in [0.1, 0.15) is 6.92 Å². The molecular formula is C9H21N2O5P. The van der Waals surface area contributed by atoms with Gasteiger partial charge < -0.3 is 24.5 Å². The number of nitrogens with zero attached hydrogens (tertiary/aromatic N) is 1. The van der Waals surface area contributed by atoms with Gasteiger partial charge in [0.25, 0.3) is 7.82 Å². The van der Waals surface area contributed by atoms with Gasteiger partial charge in [0.15, 0.2) is 0 Å². The third-order valence-corrected chi connectivity index (χ3v) is 1.95. The Hall–Kier alpha value is -0.720. The molecule has 0 radical (unpaired) electrons. The summed E-state index contributed by atoms with van der Waals surface area (Å²) in [7, 11) is 1.19. The molecule has 0 saturated heterocycles. The quantitative estimate of drug-likeness (QED) is 0.386. The van der Waals surface area contributed by atoms with Crippen molar-refractivity contribution < 1.29 is 28.2 Å². The molecule has 0 aromatic carbocycles. The van der Waals surface area contributed by atoms with Gasteiger partial charge >= 0.3 is 0 Å². The maximum absolute atomic E-state index is 10.1. The Labute approximate surface area is 102 Å². The van der Waals surface area contributed by atoms with Crippen molar-refractivity contribution in [2.45, 2.75) is 6.92 Å². The van der Waals surface area contributed by atoms with Gasteiger partial charge in [-0.15, -0.1) is 0 Å². The zero-order valence-electron chi connectivity index (χ0n) is 10.7. The van der Waals surface area contributed by atoms with E-state index in [2.05, 4.69) is 11.1 Å². The van der Waals surface area contributed by atoms with Crippen LogP contribution in [0.25, 0.3) is 0 Å². The van der Waals surface area contributed by atoms with E-state index in [0.717, 1.165) is 0 Å². The maximum atomic E-state index is 10.1. The van der Waals surface area contributed by atoms with Crippen molar-refractivity contribution in [3.63, 3.8) is 0 Å². The first kappa shape index (κ1) is 18.6. The van der Waals surface area contributed by atoms with Crippen molar-refractivity contribution in [3.05, 3.63) is 12.2 Å². The third-order valence-electron chi connectivity index (χ3n) is 1.44. The summed E-state index contributed by atoms with van der Waals surface area (Å²) in [4.78, 5) is 28.1. The van der Waals surface area contributed by atoms with E-state index in [9.17, 15) is 14.3 Å². The standard InChI is InChI=1S/C5H14NO4P.C4H7NO/c1-6(2,3)4-5-10-11(7,8)9;1-3(2)4(5)6/h4-5H2,1-3H3,(H-,7,8,9);1H2,2H3,(H2,5,6).